The van der Waals surface area contributed by atoms with E-state index in [2.05, 4.69) is 9.97 Å². The highest BCUT2D eigenvalue weighted by atomic mass is 35.5. The Bertz CT molecular complexity index is 546. The molecule has 1 aliphatic carbocycles. The maximum Gasteiger partial charge on any atom is 0.274 e. The van der Waals surface area contributed by atoms with Gasteiger partial charge >= 0.3 is 0 Å². The number of hydrogen-bond donors (Lipinski definition) is 0. The van der Waals surface area contributed by atoms with Crippen LogP contribution in [0.25, 0.3) is 0 Å². The molecule has 2 heterocycles. The number of fused-ring (bicyclic) bond motifs is 1. The van der Waals surface area contributed by atoms with Crippen LogP contribution in [-0.2, 0) is 0 Å². The van der Waals surface area contributed by atoms with Gasteiger partial charge in [0.05, 0.1) is 11.2 Å². The van der Waals surface area contributed by atoms with Crippen molar-refractivity contribution in [3.05, 3.63) is 22.7 Å². The fourth-order valence-electron chi connectivity index (χ4n) is 3.60. The topological polar surface area (TPSA) is 46.1 Å². The lowest BCUT2D eigenvalue weighted by molar-refractivity contribution is 0.0683. The summed E-state index contributed by atoms with van der Waals surface area (Å²) in [6.07, 6.45) is 7.58. The van der Waals surface area contributed by atoms with Crippen molar-refractivity contribution in [2.24, 2.45) is 5.92 Å². The third-order valence-electron chi connectivity index (χ3n) is 4.75. The van der Waals surface area contributed by atoms with Gasteiger partial charge < -0.3 is 4.90 Å². The molecule has 0 bridgehead atoms. The van der Waals surface area contributed by atoms with Gasteiger partial charge in [-0.25, -0.2) is 9.97 Å². The first-order valence-corrected chi connectivity index (χ1v) is 8.29. The lowest BCUT2D eigenvalue weighted by atomic mass is 9.85. The first-order valence-electron chi connectivity index (χ1n) is 7.91. The molecule has 1 saturated heterocycles. The highest BCUT2D eigenvalue weighted by molar-refractivity contribution is 6.33. The minimum atomic E-state index is -0.0151. The van der Waals surface area contributed by atoms with Gasteiger partial charge in [0, 0.05) is 18.5 Å². The molecule has 5 heteroatoms. The van der Waals surface area contributed by atoms with Gasteiger partial charge in [-0.05, 0) is 25.2 Å². The second-order valence-electron chi connectivity index (χ2n) is 6.48. The van der Waals surface area contributed by atoms with E-state index in [1.807, 2.05) is 18.7 Å². The van der Waals surface area contributed by atoms with Crippen molar-refractivity contribution in [1.29, 1.82) is 0 Å². The number of carbonyl (C=O) groups excluding carboxylic acids is 1. The molecular weight excluding hydrogens is 286 g/mol. The quantitative estimate of drug-likeness (QED) is 0.837. The predicted octanol–water partition coefficient (Wildman–Crippen LogP) is 3.66. The number of nitrogens with zero attached hydrogens (tertiary/aromatic N) is 3. The number of hydrogen-bond acceptors (Lipinski definition) is 3. The van der Waals surface area contributed by atoms with Crippen LogP contribution < -0.4 is 0 Å². The predicted molar refractivity (Wildman–Crippen MR) is 82.5 cm³/mol. The zero-order chi connectivity index (χ0) is 15.0. The Kier molecular flexibility index (Phi) is 4.16. The molecule has 0 radical (unpaired) electrons. The molecule has 2 unspecified atom stereocenters. The van der Waals surface area contributed by atoms with Gasteiger partial charge in [-0.3, -0.25) is 4.79 Å². The highest BCUT2D eigenvalue weighted by Crippen LogP contribution is 2.37. The number of aromatic nitrogens is 2. The molecule has 0 N–H and O–H groups in total. The average molecular weight is 308 g/mol. The van der Waals surface area contributed by atoms with Gasteiger partial charge in [-0.2, -0.15) is 0 Å². The van der Waals surface area contributed by atoms with Crippen LogP contribution in [0.3, 0.4) is 0 Å². The normalized spacial score (nSPS) is 25.2. The summed E-state index contributed by atoms with van der Waals surface area (Å²) in [5, 5.41) is 0.364. The van der Waals surface area contributed by atoms with Gasteiger partial charge in [0.25, 0.3) is 5.91 Å². The first-order chi connectivity index (χ1) is 10.1. The Hall–Kier alpha value is -1.16. The number of amides is 1. The van der Waals surface area contributed by atoms with Crippen LogP contribution in [0.15, 0.2) is 6.20 Å². The SMILES string of the molecule is CC(C)c1ncc(Cl)c(C(=O)N2CCC3CCCCC32)n1. The Labute approximate surface area is 130 Å². The van der Waals surface area contributed by atoms with Crippen molar-refractivity contribution < 1.29 is 4.79 Å². The van der Waals surface area contributed by atoms with Gasteiger partial charge in [-0.15, -0.1) is 0 Å². The molecule has 1 amide bonds. The van der Waals surface area contributed by atoms with E-state index in [1.165, 1.54) is 19.3 Å². The summed E-state index contributed by atoms with van der Waals surface area (Å²) in [5.41, 5.74) is 0.376. The van der Waals surface area contributed by atoms with Crippen molar-refractivity contribution in [3.63, 3.8) is 0 Å². The zero-order valence-corrected chi connectivity index (χ0v) is 13.4. The standard InChI is InChI=1S/C16H22ClN3O/c1-10(2)15-18-9-12(17)14(19-15)16(21)20-8-7-11-5-3-4-6-13(11)20/h9-11,13H,3-8H2,1-2H3. The number of halogens is 1. The fourth-order valence-corrected chi connectivity index (χ4v) is 3.77. The van der Waals surface area contributed by atoms with E-state index in [9.17, 15) is 4.79 Å². The Morgan fingerprint density at radius 1 is 1.33 bits per heavy atom. The summed E-state index contributed by atoms with van der Waals surface area (Å²) < 4.78 is 0. The number of carbonyl (C=O) groups is 1. The maximum atomic E-state index is 12.8. The van der Waals surface area contributed by atoms with Crippen LogP contribution in [0.4, 0.5) is 0 Å². The number of likely N-dealkylation sites (tertiary alicyclic amines) is 1. The third kappa shape index (κ3) is 2.78. The van der Waals surface area contributed by atoms with Gasteiger partial charge in [-0.1, -0.05) is 38.3 Å². The molecule has 1 aromatic heterocycles. The lowest BCUT2D eigenvalue weighted by Crippen LogP contribution is -2.39. The molecule has 0 spiro atoms. The van der Waals surface area contributed by atoms with E-state index in [0.29, 0.717) is 28.5 Å². The second-order valence-corrected chi connectivity index (χ2v) is 6.89. The second kappa shape index (κ2) is 5.91. The van der Waals surface area contributed by atoms with E-state index < -0.39 is 0 Å². The van der Waals surface area contributed by atoms with E-state index in [4.69, 9.17) is 11.6 Å². The van der Waals surface area contributed by atoms with Crippen molar-refractivity contribution >= 4 is 17.5 Å². The van der Waals surface area contributed by atoms with E-state index in [0.717, 1.165) is 19.4 Å². The minimum Gasteiger partial charge on any atom is -0.334 e. The van der Waals surface area contributed by atoms with Crippen LogP contribution in [0.1, 0.15) is 68.2 Å². The molecular formula is C16H22ClN3O. The maximum absolute atomic E-state index is 12.8. The summed E-state index contributed by atoms with van der Waals surface area (Å²) >= 11 is 6.18. The average Bonchev–Trinajstić information content (AvgIpc) is 2.90. The van der Waals surface area contributed by atoms with Crippen LogP contribution in [0, 0.1) is 5.92 Å². The molecule has 2 fully saturated rings. The Morgan fingerprint density at radius 2 is 2.10 bits per heavy atom. The van der Waals surface area contributed by atoms with Crippen LogP contribution >= 0.6 is 11.6 Å². The molecule has 114 valence electrons. The largest absolute Gasteiger partial charge is 0.334 e. The van der Waals surface area contributed by atoms with Crippen molar-refractivity contribution in [1.82, 2.24) is 14.9 Å². The smallest absolute Gasteiger partial charge is 0.274 e. The summed E-state index contributed by atoms with van der Waals surface area (Å²) in [7, 11) is 0. The van der Waals surface area contributed by atoms with Crippen molar-refractivity contribution in [2.75, 3.05) is 6.54 Å². The molecule has 2 atom stereocenters. The van der Waals surface area contributed by atoms with E-state index in [-0.39, 0.29) is 11.8 Å². The minimum absolute atomic E-state index is 0.0151. The molecule has 2 aliphatic rings. The molecule has 1 aliphatic heterocycles. The molecule has 4 nitrogen and oxygen atoms in total. The molecule has 1 saturated carbocycles. The summed E-state index contributed by atoms with van der Waals surface area (Å²) in [5.74, 6) is 1.53. The third-order valence-corrected chi connectivity index (χ3v) is 5.03. The van der Waals surface area contributed by atoms with Gasteiger partial charge in [0.1, 0.15) is 5.82 Å². The lowest BCUT2D eigenvalue weighted by Gasteiger charge is -2.31. The van der Waals surface area contributed by atoms with Crippen LogP contribution in [0.2, 0.25) is 5.02 Å². The molecule has 21 heavy (non-hydrogen) atoms. The molecule has 1 aromatic rings. The summed E-state index contributed by atoms with van der Waals surface area (Å²) in [4.78, 5) is 23.5. The monoisotopic (exact) mass is 307 g/mol. The van der Waals surface area contributed by atoms with E-state index in [1.54, 1.807) is 6.20 Å². The van der Waals surface area contributed by atoms with Crippen LogP contribution in [0.5, 0.6) is 0 Å². The highest BCUT2D eigenvalue weighted by Gasteiger charge is 2.39. The zero-order valence-electron chi connectivity index (χ0n) is 12.7. The van der Waals surface area contributed by atoms with Crippen molar-refractivity contribution in [3.8, 4) is 0 Å². The van der Waals surface area contributed by atoms with Gasteiger partial charge in [0.15, 0.2) is 5.69 Å². The summed E-state index contributed by atoms with van der Waals surface area (Å²) in [6, 6.07) is 0.389. The molecule has 0 aromatic carbocycles. The van der Waals surface area contributed by atoms with Gasteiger partial charge in [0.2, 0.25) is 0 Å². The Morgan fingerprint density at radius 3 is 2.86 bits per heavy atom. The molecule has 3 rings (SSSR count). The van der Waals surface area contributed by atoms with E-state index >= 15 is 0 Å². The van der Waals surface area contributed by atoms with Crippen LogP contribution in [-0.4, -0.2) is 33.4 Å². The van der Waals surface area contributed by atoms with Crippen molar-refractivity contribution in [2.45, 2.75) is 57.9 Å². The summed E-state index contributed by atoms with van der Waals surface area (Å²) in [6.45, 7) is 4.88. The Balaban J connectivity index is 1.86. The first kappa shape index (κ1) is 14.8. The fraction of sp³-hybridized carbons (Fsp3) is 0.688. The number of rotatable bonds is 2.